The van der Waals surface area contributed by atoms with Crippen LogP contribution < -0.4 is 9.80 Å². The topological polar surface area (TPSA) is 105 Å². The summed E-state index contributed by atoms with van der Waals surface area (Å²) in [5, 5.41) is 0. The Kier molecular flexibility index (Phi) is 5.46. The maximum atomic E-state index is 11.9. The quantitative estimate of drug-likeness (QED) is 0.564. The van der Waals surface area contributed by atoms with E-state index in [0.29, 0.717) is 57.1 Å². The molecule has 0 atom stereocenters. The molecule has 0 N–H and O–H groups in total. The van der Waals surface area contributed by atoms with Gasteiger partial charge in [0.15, 0.2) is 5.82 Å². The lowest BCUT2D eigenvalue weighted by Crippen LogP contribution is -2.49. The first-order valence-electron chi connectivity index (χ1n) is 10.1. The van der Waals surface area contributed by atoms with Gasteiger partial charge in [0.2, 0.25) is 21.9 Å². The molecular formula is C19H23N7O3S2. The predicted octanol–water partition coefficient (Wildman–Crippen LogP) is 1.07. The Hall–Kier alpha value is -2.41. The van der Waals surface area contributed by atoms with Gasteiger partial charge in [-0.3, -0.25) is 0 Å². The minimum atomic E-state index is -3.20. The normalized spacial score (nSPS) is 18.6. The number of anilines is 2. The summed E-state index contributed by atoms with van der Waals surface area (Å²) in [6.45, 7) is 4.61. The van der Waals surface area contributed by atoms with E-state index in [4.69, 9.17) is 19.7 Å². The number of thiazole rings is 1. The van der Waals surface area contributed by atoms with Crippen LogP contribution in [0.4, 0.5) is 11.9 Å². The second-order valence-electron chi connectivity index (χ2n) is 7.54. The van der Waals surface area contributed by atoms with Gasteiger partial charge in [0.1, 0.15) is 0 Å². The summed E-state index contributed by atoms with van der Waals surface area (Å²) in [5.74, 6) is 1.80. The molecule has 31 heavy (non-hydrogen) atoms. The highest BCUT2D eigenvalue weighted by molar-refractivity contribution is 7.88. The average molecular weight is 462 g/mol. The Bertz CT molecular complexity index is 1190. The molecule has 0 bridgehead atoms. The largest absolute Gasteiger partial charge is 0.378 e. The van der Waals surface area contributed by atoms with Crippen LogP contribution in [0.1, 0.15) is 0 Å². The first-order chi connectivity index (χ1) is 15.0. The number of hydrogen-bond acceptors (Lipinski definition) is 10. The molecule has 10 nitrogen and oxygen atoms in total. The van der Waals surface area contributed by atoms with Crippen LogP contribution in [0.15, 0.2) is 23.7 Å². The number of sulfonamides is 1. The minimum Gasteiger partial charge on any atom is -0.378 e. The van der Waals surface area contributed by atoms with E-state index in [-0.39, 0.29) is 0 Å². The van der Waals surface area contributed by atoms with E-state index in [1.807, 2.05) is 22.5 Å². The molecule has 164 valence electrons. The van der Waals surface area contributed by atoms with Gasteiger partial charge in [-0.05, 0) is 18.2 Å². The van der Waals surface area contributed by atoms with Crippen LogP contribution in [-0.4, -0.2) is 91.4 Å². The summed E-state index contributed by atoms with van der Waals surface area (Å²) in [6, 6.07) is 6.01. The van der Waals surface area contributed by atoms with E-state index in [9.17, 15) is 8.42 Å². The lowest BCUT2D eigenvalue weighted by molar-refractivity contribution is 0.122. The molecule has 1 aromatic carbocycles. The third kappa shape index (κ3) is 4.33. The highest BCUT2D eigenvalue weighted by atomic mass is 32.2. The maximum Gasteiger partial charge on any atom is 0.230 e. The first kappa shape index (κ1) is 20.5. The molecular weight excluding hydrogens is 438 g/mol. The highest BCUT2D eigenvalue weighted by Crippen LogP contribution is 2.27. The third-order valence-electron chi connectivity index (χ3n) is 5.49. The van der Waals surface area contributed by atoms with Crippen LogP contribution in [0.25, 0.3) is 21.6 Å². The summed E-state index contributed by atoms with van der Waals surface area (Å²) in [4.78, 5) is 22.8. The summed E-state index contributed by atoms with van der Waals surface area (Å²) in [5.41, 5.74) is 3.69. The van der Waals surface area contributed by atoms with Gasteiger partial charge in [0, 0.05) is 44.8 Å². The number of aromatic nitrogens is 4. The fraction of sp³-hybridized carbons (Fsp3) is 0.474. The molecule has 0 amide bonds. The van der Waals surface area contributed by atoms with Crippen molar-refractivity contribution in [3.05, 3.63) is 23.7 Å². The Morgan fingerprint density at radius 3 is 2.29 bits per heavy atom. The van der Waals surface area contributed by atoms with Gasteiger partial charge in [-0.25, -0.2) is 13.4 Å². The van der Waals surface area contributed by atoms with Crippen molar-refractivity contribution >= 4 is 43.5 Å². The molecule has 2 saturated heterocycles. The number of piperazine rings is 1. The Balaban J connectivity index is 1.50. The van der Waals surface area contributed by atoms with Crippen LogP contribution >= 0.6 is 11.3 Å². The Morgan fingerprint density at radius 2 is 1.61 bits per heavy atom. The summed E-state index contributed by atoms with van der Waals surface area (Å²) < 4.78 is 31.8. The number of hydrogen-bond donors (Lipinski definition) is 0. The monoisotopic (exact) mass is 461 g/mol. The van der Waals surface area contributed by atoms with E-state index >= 15 is 0 Å². The molecule has 2 fully saturated rings. The van der Waals surface area contributed by atoms with Crippen LogP contribution in [-0.2, 0) is 14.8 Å². The lowest BCUT2D eigenvalue weighted by Gasteiger charge is -2.34. The van der Waals surface area contributed by atoms with Gasteiger partial charge >= 0.3 is 0 Å². The third-order valence-corrected chi connectivity index (χ3v) is 7.58. The zero-order valence-electron chi connectivity index (χ0n) is 17.1. The van der Waals surface area contributed by atoms with Crippen LogP contribution in [0.5, 0.6) is 0 Å². The molecule has 5 rings (SSSR count). The molecule has 0 spiro atoms. The predicted molar refractivity (Wildman–Crippen MR) is 120 cm³/mol. The molecule has 2 aliphatic rings. The molecule has 3 aromatic rings. The maximum absolute atomic E-state index is 11.9. The first-order valence-corrected chi connectivity index (χ1v) is 12.8. The van der Waals surface area contributed by atoms with Crippen molar-refractivity contribution in [3.8, 4) is 11.4 Å². The van der Waals surface area contributed by atoms with E-state index < -0.39 is 10.0 Å². The van der Waals surface area contributed by atoms with E-state index in [0.717, 1.165) is 28.9 Å². The molecule has 0 unspecified atom stereocenters. The standard InChI is InChI=1S/C19H23N7O3S2/c1-31(27,28)26-6-4-24(5-7-26)18-21-17(14-2-3-15-16(12-14)30-13-20-15)22-19(23-18)25-8-10-29-11-9-25/h2-3,12-13H,4-11H2,1H3. The van der Waals surface area contributed by atoms with Crippen LogP contribution in [0.3, 0.4) is 0 Å². The van der Waals surface area contributed by atoms with Gasteiger partial charge in [-0.2, -0.15) is 19.3 Å². The number of ether oxygens (including phenoxy) is 1. The van der Waals surface area contributed by atoms with Crippen molar-refractivity contribution < 1.29 is 13.2 Å². The Labute approximate surface area is 184 Å². The molecule has 0 aliphatic carbocycles. The summed E-state index contributed by atoms with van der Waals surface area (Å²) in [6.07, 6.45) is 1.25. The van der Waals surface area contributed by atoms with Crippen molar-refractivity contribution in [1.82, 2.24) is 24.2 Å². The van der Waals surface area contributed by atoms with E-state index in [1.54, 1.807) is 11.3 Å². The van der Waals surface area contributed by atoms with Gasteiger partial charge in [-0.1, -0.05) is 0 Å². The molecule has 12 heteroatoms. The number of nitrogens with zero attached hydrogens (tertiary/aromatic N) is 7. The number of morpholine rings is 1. The van der Waals surface area contributed by atoms with Gasteiger partial charge in [-0.15, -0.1) is 11.3 Å². The second kappa shape index (κ2) is 8.26. The van der Waals surface area contributed by atoms with Crippen molar-refractivity contribution in [2.45, 2.75) is 0 Å². The smallest absolute Gasteiger partial charge is 0.230 e. The van der Waals surface area contributed by atoms with Crippen molar-refractivity contribution in [2.24, 2.45) is 0 Å². The number of rotatable bonds is 4. The molecule has 4 heterocycles. The fourth-order valence-electron chi connectivity index (χ4n) is 3.74. The van der Waals surface area contributed by atoms with Gasteiger partial charge in [0.25, 0.3) is 0 Å². The zero-order valence-corrected chi connectivity index (χ0v) is 18.8. The van der Waals surface area contributed by atoms with Crippen LogP contribution in [0.2, 0.25) is 0 Å². The highest BCUT2D eigenvalue weighted by Gasteiger charge is 2.26. The van der Waals surface area contributed by atoms with Crippen molar-refractivity contribution in [3.63, 3.8) is 0 Å². The summed E-state index contributed by atoms with van der Waals surface area (Å²) >= 11 is 1.58. The SMILES string of the molecule is CS(=O)(=O)N1CCN(c2nc(-c3ccc4ncsc4c3)nc(N3CCOCC3)n2)CC1. The fourth-order valence-corrected chi connectivity index (χ4v) is 5.29. The Morgan fingerprint density at radius 1 is 0.935 bits per heavy atom. The van der Waals surface area contributed by atoms with E-state index in [2.05, 4.69) is 16.0 Å². The van der Waals surface area contributed by atoms with Crippen LogP contribution in [0, 0.1) is 0 Å². The molecule has 0 saturated carbocycles. The second-order valence-corrected chi connectivity index (χ2v) is 10.4. The molecule has 2 aliphatic heterocycles. The molecule has 2 aromatic heterocycles. The van der Waals surface area contributed by atoms with Crippen molar-refractivity contribution in [1.29, 1.82) is 0 Å². The zero-order chi connectivity index (χ0) is 21.4. The minimum absolute atomic E-state index is 0.416. The van der Waals surface area contributed by atoms with Crippen molar-refractivity contribution in [2.75, 3.05) is 68.5 Å². The number of benzene rings is 1. The lowest BCUT2D eigenvalue weighted by atomic mass is 10.2. The van der Waals surface area contributed by atoms with Gasteiger partial charge < -0.3 is 14.5 Å². The molecule has 0 radical (unpaired) electrons. The average Bonchev–Trinajstić information content (AvgIpc) is 3.27. The van der Waals surface area contributed by atoms with E-state index in [1.165, 1.54) is 10.6 Å². The number of fused-ring (bicyclic) bond motifs is 1. The summed E-state index contributed by atoms with van der Waals surface area (Å²) in [7, 11) is -3.20. The van der Waals surface area contributed by atoms with Gasteiger partial charge in [0.05, 0.1) is 35.2 Å².